The molecule has 0 bridgehead atoms. The van der Waals surface area contributed by atoms with Gasteiger partial charge >= 0.3 is 5.69 Å². The van der Waals surface area contributed by atoms with Crippen LogP contribution >= 0.6 is 11.6 Å². The molecule has 0 spiro atoms. The van der Waals surface area contributed by atoms with Gasteiger partial charge in [0.25, 0.3) is 0 Å². The van der Waals surface area contributed by atoms with Gasteiger partial charge in [-0.2, -0.15) is 0 Å². The van der Waals surface area contributed by atoms with Gasteiger partial charge < -0.3 is 9.47 Å². The molecule has 5 nitrogen and oxygen atoms in total. The van der Waals surface area contributed by atoms with Gasteiger partial charge in [-0.25, -0.2) is 0 Å². The highest BCUT2D eigenvalue weighted by atomic mass is 35.5. The number of hydrogen-bond donors (Lipinski definition) is 0. The molecule has 0 aliphatic heterocycles. The minimum absolute atomic E-state index is 0.00720. The SMILES string of the molecule is CCc1ccc(OC2CC(Cl)C2OC)c([N+](=O)[O-])c1. The van der Waals surface area contributed by atoms with Crippen LogP contribution in [0.15, 0.2) is 18.2 Å². The Bertz CT molecular complexity index is 480. The van der Waals surface area contributed by atoms with Crippen molar-refractivity contribution in [1.82, 2.24) is 0 Å². The van der Waals surface area contributed by atoms with Crippen molar-refractivity contribution in [2.75, 3.05) is 7.11 Å². The van der Waals surface area contributed by atoms with Crippen LogP contribution in [0.1, 0.15) is 18.9 Å². The predicted octanol–water partition coefficient (Wildman–Crippen LogP) is 2.93. The van der Waals surface area contributed by atoms with Crippen LogP contribution < -0.4 is 4.74 Å². The van der Waals surface area contributed by atoms with Crippen molar-refractivity contribution in [3.63, 3.8) is 0 Å². The number of nitro benzene ring substituents is 1. The fourth-order valence-electron chi connectivity index (χ4n) is 2.13. The first-order chi connectivity index (χ1) is 9.06. The Morgan fingerprint density at radius 1 is 1.53 bits per heavy atom. The van der Waals surface area contributed by atoms with Crippen molar-refractivity contribution in [2.24, 2.45) is 0 Å². The molecule has 3 atom stereocenters. The number of halogens is 1. The van der Waals surface area contributed by atoms with Crippen molar-refractivity contribution in [2.45, 2.75) is 37.4 Å². The maximum absolute atomic E-state index is 11.1. The van der Waals surface area contributed by atoms with Gasteiger partial charge in [-0.3, -0.25) is 10.1 Å². The fraction of sp³-hybridized carbons (Fsp3) is 0.538. The van der Waals surface area contributed by atoms with E-state index in [9.17, 15) is 10.1 Å². The second kappa shape index (κ2) is 5.75. The van der Waals surface area contributed by atoms with Gasteiger partial charge in [-0.05, 0) is 18.1 Å². The zero-order chi connectivity index (χ0) is 14.0. The van der Waals surface area contributed by atoms with E-state index >= 15 is 0 Å². The second-order valence-corrected chi connectivity index (χ2v) is 5.08. The molecule has 1 aliphatic carbocycles. The number of aryl methyl sites for hydroxylation is 1. The van der Waals surface area contributed by atoms with Crippen LogP contribution in [0.5, 0.6) is 5.75 Å². The van der Waals surface area contributed by atoms with Crippen molar-refractivity contribution in [3.8, 4) is 5.75 Å². The van der Waals surface area contributed by atoms with E-state index in [1.807, 2.05) is 13.0 Å². The molecule has 19 heavy (non-hydrogen) atoms. The molecule has 1 aromatic carbocycles. The first-order valence-electron chi connectivity index (χ1n) is 6.17. The van der Waals surface area contributed by atoms with Crippen LogP contribution in [0.3, 0.4) is 0 Å². The maximum atomic E-state index is 11.1. The van der Waals surface area contributed by atoms with Crippen LogP contribution in [0.2, 0.25) is 0 Å². The summed E-state index contributed by atoms with van der Waals surface area (Å²) in [5, 5.41) is 11.0. The molecule has 6 heteroatoms. The number of ether oxygens (including phenoxy) is 2. The highest BCUT2D eigenvalue weighted by Gasteiger charge is 2.42. The molecule has 3 unspecified atom stereocenters. The summed E-state index contributed by atoms with van der Waals surface area (Å²) in [6.45, 7) is 1.95. The predicted molar refractivity (Wildman–Crippen MR) is 71.9 cm³/mol. The zero-order valence-corrected chi connectivity index (χ0v) is 11.6. The number of nitro groups is 1. The molecular weight excluding hydrogens is 270 g/mol. The van der Waals surface area contributed by atoms with Gasteiger partial charge in [-0.1, -0.05) is 13.0 Å². The quantitative estimate of drug-likeness (QED) is 0.474. The highest BCUT2D eigenvalue weighted by Crippen LogP contribution is 2.36. The lowest BCUT2D eigenvalue weighted by Crippen LogP contribution is -2.52. The number of methoxy groups -OCH3 is 1. The molecule has 1 fully saturated rings. The van der Waals surface area contributed by atoms with Crippen LogP contribution in [0.25, 0.3) is 0 Å². The van der Waals surface area contributed by atoms with Gasteiger partial charge in [0.1, 0.15) is 12.2 Å². The fourth-order valence-corrected chi connectivity index (χ4v) is 2.57. The van der Waals surface area contributed by atoms with E-state index in [1.165, 1.54) is 0 Å². The molecule has 1 aromatic rings. The Morgan fingerprint density at radius 3 is 2.79 bits per heavy atom. The molecule has 1 aliphatic rings. The molecule has 0 radical (unpaired) electrons. The van der Waals surface area contributed by atoms with E-state index < -0.39 is 4.92 Å². The van der Waals surface area contributed by atoms with Gasteiger partial charge in [0, 0.05) is 19.6 Å². The lowest BCUT2D eigenvalue weighted by atomic mass is 9.91. The topological polar surface area (TPSA) is 61.6 Å². The van der Waals surface area contributed by atoms with Gasteiger partial charge in [-0.15, -0.1) is 11.6 Å². The van der Waals surface area contributed by atoms with Crippen molar-refractivity contribution in [1.29, 1.82) is 0 Å². The summed E-state index contributed by atoms with van der Waals surface area (Å²) in [5.74, 6) is 0.276. The number of hydrogen-bond acceptors (Lipinski definition) is 4. The summed E-state index contributed by atoms with van der Waals surface area (Å²) < 4.78 is 10.9. The van der Waals surface area contributed by atoms with E-state index in [4.69, 9.17) is 21.1 Å². The molecule has 0 amide bonds. The van der Waals surface area contributed by atoms with Crippen LogP contribution in [-0.2, 0) is 11.2 Å². The third kappa shape index (κ3) is 2.82. The maximum Gasteiger partial charge on any atom is 0.311 e. The number of benzene rings is 1. The lowest BCUT2D eigenvalue weighted by molar-refractivity contribution is -0.386. The number of nitrogens with zero attached hydrogens (tertiary/aromatic N) is 1. The summed E-state index contributed by atoms with van der Waals surface area (Å²) in [6, 6.07) is 5.03. The smallest absolute Gasteiger partial charge is 0.311 e. The van der Waals surface area contributed by atoms with Crippen molar-refractivity contribution in [3.05, 3.63) is 33.9 Å². The minimum atomic E-state index is -0.423. The van der Waals surface area contributed by atoms with E-state index in [0.29, 0.717) is 6.42 Å². The Balaban J connectivity index is 2.18. The number of rotatable bonds is 5. The lowest BCUT2D eigenvalue weighted by Gasteiger charge is -2.39. The van der Waals surface area contributed by atoms with Crippen LogP contribution in [0.4, 0.5) is 5.69 Å². The van der Waals surface area contributed by atoms with Crippen LogP contribution in [0, 0.1) is 10.1 Å². The first-order valence-corrected chi connectivity index (χ1v) is 6.61. The molecule has 104 valence electrons. The van der Waals surface area contributed by atoms with E-state index in [1.54, 1.807) is 19.2 Å². The van der Waals surface area contributed by atoms with Gasteiger partial charge in [0.05, 0.1) is 10.3 Å². The highest BCUT2D eigenvalue weighted by molar-refractivity contribution is 6.21. The van der Waals surface area contributed by atoms with Crippen molar-refractivity contribution >= 4 is 17.3 Å². The average molecular weight is 286 g/mol. The summed E-state index contributed by atoms with van der Waals surface area (Å²) in [4.78, 5) is 10.6. The molecule has 0 saturated heterocycles. The molecule has 1 saturated carbocycles. The van der Waals surface area contributed by atoms with E-state index in [2.05, 4.69) is 0 Å². The average Bonchev–Trinajstić information content (AvgIpc) is 2.38. The Hall–Kier alpha value is -1.33. The minimum Gasteiger partial charge on any atom is -0.481 e. The van der Waals surface area contributed by atoms with E-state index in [0.717, 1.165) is 12.0 Å². The zero-order valence-electron chi connectivity index (χ0n) is 10.8. The summed E-state index contributed by atoms with van der Waals surface area (Å²) in [6.07, 6.45) is 0.938. The largest absolute Gasteiger partial charge is 0.481 e. The third-order valence-electron chi connectivity index (χ3n) is 3.36. The second-order valence-electron chi connectivity index (χ2n) is 4.52. The normalized spacial score (nSPS) is 25.7. The van der Waals surface area contributed by atoms with Gasteiger partial charge in [0.2, 0.25) is 0 Å². The monoisotopic (exact) mass is 285 g/mol. The Morgan fingerprint density at radius 2 is 2.26 bits per heavy atom. The Kier molecular flexibility index (Phi) is 4.27. The third-order valence-corrected chi connectivity index (χ3v) is 3.79. The van der Waals surface area contributed by atoms with E-state index in [-0.39, 0.29) is 29.0 Å². The summed E-state index contributed by atoms with van der Waals surface area (Å²) >= 11 is 5.99. The Labute approximate surface area is 116 Å². The number of alkyl halides is 1. The molecule has 0 N–H and O–H groups in total. The van der Waals surface area contributed by atoms with Crippen LogP contribution in [-0.4, -0.2) is 29.6 Å². The van der Waals surface area contributed by atoms with Gasteiger partial charge in [0.15, 0.2) is 5.75 Å². The standard InChI is InChI=1S/C13H16ClNO4/c1-3-8-4-5-11(10(6-8)15(16)17)19-12-7-9(14)13(12)18-2/h4-6,9,12-13H,3,7H2,1-2H3. The van der Waals surface area contributed by atoms with Crippen molar-refractivity contribution < 1.29 is 14.4 Å². The summed E-state index contributed by atoms with van der Waals surface area (Å²) in [7, 11) is 1.56. The molecule has 0 aromatic heterocycles. The first kappa shape index (κ1) is 14.1. The summed E-state index contributed by atoms with van der Waals surface area (Å²) in [5.41, 5.74) is 0.901. The molecule has 2 rings (SSSR count). The molecule has 0 heterocycles. The molecular formula is C13H16ClNO4.